The molecule has 0 bridgehead atoms. The third-order valence-electron chi connectivity index (χ3n) is 2.78. The van der Waals surface area contributed by atoms with Crippen LogP contribution in [0.3, 0.4) is 0 Å². The summed E-state index contributed by atoms with van der Waals surface area (Å²) in [6.45, 7) is 0. The van der Waals surface area contributed by atoms with E-state index in [-0.39, 0.29) is 11.1 Å². The second-order valence-electron chi connectivity index (χ2n) is 3.95. The average molecular weight is 334 g/mol. The van der Waals surface area contributed by atoms with Gasteiger partial charge in [0.1, 0.15) is 17.6 Å². The van der Waals surface area contributed by atoms with Crippen molar-refractivity contribution in [2.24, 2.45) is 0 Å². The number of hydrogen-bond donors (Lipinski definition) is 0. The number of halogens is 2. The smallest absolute Gasteiger partial charge is 0.194 e. The molecule has 0 amide bonds. The maximum Gasteiger partial charge on any atom is 0.194 e. The molecule has 0 heterocycles. The van der Waals surface area contributed by atoms with E-state index in [1.54, 1.807) is 24.3 Å². The highest BCUT2D eigenvalue weighted by Crippen LogP contribution is 2.27. The van der Waals surface area contributed by atoms with Gasteiger partial charge in [0.25, 0.3) is 0 Å². The van der Waals surface area contributed by atoms with Gasteiger partial charge in [-0.1, -0.05) is 6.07 Å². The topological polar surface area (TPSA) is 50.1 Å². The first kappa shape index (κ1) is 14.2. The third-order valence-corrected chi connectivity index (χ3v) is 3.40. The Bertz CT molecular complexity index is 722. The van der Waals surface area contributed by atoms with Gasteiger partial charge in [-0.05, 0) is 46.3 Å². The molecule has 0 aromatic heterocycles. The van der Waals surface area contributed by atoms with E-state index in [9.17, 15) is 9.18 Å². The highest BCUT2D eigenvalue weighted by atomic mass is 79.9. The minimum absolute atomic E-state index is 0.0459. The molecule has 0 N–H and O–H groups in total. The van der Waals surface area contributed by atoms with Crippen LogP contribution >= 0.6 is 15.9 Å². The molecule has 0 aliphatic carbocycles. The minimum atomic E-state index is -0.703. The Kier molecular flexibility index (Phi) is 4.16. The molecule has 3 nitrogen and oxygen atoms in total. The van der Waals surface area contributed by atoms with Crippen LogP contribution in [0.15, 0.2) is 40.9 Å². The zero-order chi connectivity index (χ0) is 14.7. The van der Waals surface area contributed by atoms with E-state index in [1.165, 1.54) is 19.2 Å². The fourth-order valence-corrected chi connectivity index (χ4v) is 2.33. The zero-order valence-electron chi connectivity index (χ0n) is 10.5. The molecule has 0 aliphatic heterocycles. The number of ether oxygens (including phenoxy) is 1. The Hall–Kier alpha value is -2.19. The number of carbonyl (C=O) groups is 1. The van der Waals surface area contributed by atoms with Crippen LogP contribution in [-0.4, -0.2) is 12.9 Å². The summed E-state index contributed by atoms with van der Waals surface area (Å²) >= 11 is 3.28. The van der Waals surface area contributed by atoms with E-state index >= 15 is 0 Å². The summed E-state index contributed by atoms with van der Waals surface area (Å²) in [7, 11) is 1.52. The summed E-state index contributed by atoms with van der Waals surface area (Å²) in [5.74, 6) is -0.531. The predicted molar refractivity (Wildman–Crippen MR) is 75.2 cm³/mol. The molecular formula is C15H9BrFNO2. The summed E-state index contributed by atoms with van der Waals surface area (Å²) in [6.07, 6.45) is 0. The molecule has 2 rings (SSSR count). The number of methoxy groups -OCH3 is 1. The molecule has 5 heteroatoms. The van der Waals surface area contributed by atoms with Crippen molar-refractivity contribution in [1.82, 2.24) is 0 Å². The summed E-state index contributed by atoms with van der Waals surface area (Å²) < 4.78 is 19.2. The van der Waals surface area contributed by atoms with Crippen LogP contribution in [-0.2, 0) is 0 Å². The number of rotatable bonds is 3. The van der Waals surface area contributed by atoms with Gasteiger partial charge >= 0.3 is 0 Å². The zero-order valence-corrected chi connectivity index (χ0v) is 12.1. The van der Waals surface area contributed by atoms with Crippen molar-refractivity contribution in [1.29, 1.82) is 5.26 Å². The fraction of sp³-hybridized carbons (Fsp3) is 0.0667. The van der Waals surface area contributed by atoms with Crippen LogP contribution in [0.2, 0.25) is 0 Å². The maximum absolute atomic E-state index is 13.5. The lowest BCUT2D eigenvalue weighted by molar-refractivity contribution is 0.103. The maximum atomic E-state index is 13.5. The van der Waals surface area contributed by atoms with Crippen molar-refractivity contribution in [2.45, 2.75) is 0 Å². The van der Waals surface area contributed by atoms with E-state index in [0.29, 0.717) is 15.8 Å². The van der Waals surface area contributed by atoms with E-state index < -0.39 is 11.6 Å². The molecule has 20 heavy (non-hydrogen) atoms. The normalized spacial score (nSPS) is 9.90. The average Bonchev–Trinajstić information content (AvgIpc) is 2.46. The summed E-state index contributed by atoms with van der Waals surface area (Å²) in [5, 5.41) is 8.96. The highest BCUT2D eigenvalue weighted by molar-refractivity contribution is 9.10. The molecular weight excluding hydrogens is 325 g/mol. The Labute approximate surface area is 123 Å². The van der Waals surface area contributed by atoms with Gasteiger partial charge in [0, 0.05) is 11.1 Å². The summed E-state index contributed by atoms with van der Waals surface area (Å²) in [5.41, 5.74) is 0.147. The predicted octanol–water partition coefficient (Wildman–Crippen LogP) is 3.70. The van der Waals surface area contributed by atoms with Crippen LogP contribution in [0.5, 0.6) is 5.75 Å². The van der Waals surface area contributed by atoms with Gasteiger partial charge in [0.15, 0.2) is 5.78 Å². The molecule has 0 unspecified atom stereocenters. The summed E-state index contributed by atoms with van der Waals surface area (Å²) in [6, 6.07) is 10.5. The van der Waals surface area contributed by atoms with Gasteiger partial charge in [-0.25, -0.2) is 4.39 Å². The van der Waals surface area contributed by atoms with Gasteiger partial charge in [0.2, 0.25) is 0 Å². The van der Waals surface area contributed by atoms with Gasteiger partial charge in [0.05, 0.1) is 17.1 Å². The minimum Gasteiger partial charge on any atom is -0.496 e. The molecule has 0 radical (unpaired) electrons. The van der Waals surface area contributed by atoms with E-state index in [2.05, 4.69) is 15.9 Å². The van der Waals surface area contributed by atoms with E-state index in [0.717, 1.165) is 6.07 Å². The lowest BCUT2D eigenvalue weighted by atomic mass is 9.98. The van der Waals surface area contributed by atoms with Crippen molar-refractivity contribution in [3.8, 4) is 11.8 Å². The first-order valence-corrected chi connectivity index (χ1v) is 6.44. The second-order valence-corrected chi connectivity index (χ2v) is 4.81. The van der Waals surface area contributed by atoms with Crippen molar-refractivity contribution in [2.75, 3.05) is 7.11 Å². The first-order valence-electron chi connectivity index (χ1n) is 5.65. The molecule has 0 saturated carbocycles. The largest absolute Gasteiger partial charge is 0.496 e. The number of hydrogen-bond acceptors (Lipinski definition) is 3. The lowest BCUT2D eigenvalue weighted by Gasteiger charge is -2.07. The van der Waals surface area contributed by atoms with Crippen molar-refractivity contribution < 1.29 is 13.9 Å². The van der Waals surface area contributed by atoms with Gasteiger partial charge in [-0.3, -0.25) is 4.79 Å². The van der Waals surface area contributed by atoms with Gasteiger partial charge in [-0.2, -0.15) is 5.26 Å². The van der Waals surface area contributed by atoms with Crippen LogP contribution in [0.1, 0.15) is 21.5 Å². The highest BCUT2D eigenvalue weighted by Gasteiger charge is 2.17. The molecule has 2 aromatic rings. The molecule has 0 spiro atoms. The van der Waals surface area contributed by atoms with Crippen LogP contribution in [0.4, 0.5) is 4.39 Å². The first-order chi connectivity index (χ1) is 9.58. The second kappa shape index (κ2) is 5.85. The number of nitrogens with zero attached hydrogens (tertiary/aromatic N) is 1. The number of carbonyl (C=O) groups excluding carboxylic acids is 1. The van der Waals surface area contributed by atoms with Crippen molar-refractivity contribution in [3.05, 3.63) is 63.4 Å². The van der Waals surface area contributed by atoms with E-state index in [1.807, 2.05) is 0 Å². The number of nitriles is 1. The quantitative estimate of drug-likeness (QED) is 0.804. The van der Waals surface area contributed by atoms with Crippen LogP contribution in [0.25, 0.3) is 0 Å². The Morgan fingerprint density at radius 1 is 1.35 bits per heavy atom. The molecule has 0 saturated heterocycles. The molecule has 2 aromatic carbocycles. The Balaban J connectivity index is 2.50. The third kappa shape index (κ3) is 2.56. The monoisotopic (exact) mass is 333 g/mol. The molecule has 0 fully saturated rings. The molecule has 100 valence electrons. The number of ketones is 1. The summed E-state index contributed by atoms with van der Waals surface area (Å²) in [4.78, 5) is 12.4. The van der Waals surface area contributed by atoms with Crippen LogP contribution in [0, 0.1) is 17.1 Å². The fourth-order valence-electron chi connectivity index (χ4n) is 1.79. The van der Waals surface area contributed by atoms with Crippen molar-refractivity contribution in [3.63, 3.8) is 0 Å². The van der Waals surface area contributed by atoms with Gasteiger partial charge < -0.3 is 4.74 Å². The van der Waals surface area contributed by atoms with Gasteiger partial charge in [-0.15, -0.1) is 0 Å². The SMILES string of the molecule is COc1ccc(C(=O)c2cccc(F)c2C#N)cc1Br. The van der Waals surface area contributed by atoms with Crippen molar-refractivity contribution >= 4 is 21.7 Å². The van der Waals surface area contributed by atoms with Crippen LogP contribution < -0.4 is 4.74 Å². The Morgan fingerprint density at radius 2 is 2.10 bits per heavy atom. The Morgan fingerprint density at radius 3 is 2.70 bits per heavy atom. The molecule has 0 atom stereocenters. The van der Waals surface area contributed by atoms with E-state index in [4.69, 9.17) is 10.00 Å². The standard InChI is InChI=1S/C15H9BrFNO2/c1-20-14-6-5-9(7-12(14)16)15(19)10-3-2-4-13(17)11(10)8-18/h2-7H,1H3. The lowest BCUT2D eigenvalue weighted by Crippen LogP contribution is -2.05. The molecule has 0 aliphatic rings. The number of benzene rings is 2.